The first-order valence-electron chi connectivity index (χ1n) is 20.8. The van der Waals surface area contributed by atoms with E-state index in [0.29, 0.717) is 75.0 Å². The van der Waals surface area contributed by atoms with Crippen molar-refractivity contribution in [1.82, 2.24) is 20.2 Å². The largest absolute Gasteiger partial charge is 0.496 e. The summed E-state index contributed by atoms with van der Waals surface area (Å²) in [5, 5.41) is 41.1. The van der Waals surface area contributed by atoms with Crippen molar-refractivity contribution < 1.29 is 34.4 Å². The number of carbonyl (C=O) groups is 2. The summed E-state index contributed by atoms with van der Waals surface area (Å²) in [5.74, 6) is 4.91. The standard InChI is InChI=1S/C44H60N6O7/c1-5-41(54)22-27-23-43(40(53)57-4,24-34-30(14-18-49(25-27)26-41)29-12-7-8-13-32(29)46-34)31-19-28-11-9-16-50-17-10-15-42(6-2)37(50)21-36(47-33(28)20-35(31)56-3)44(55,38(42)51)39(52)48-45/h7-8,10,12-13,15,19-20,27,36-38,46-47,51,54-55H,5-6,9,11,14,16-18,21-26,45H2,1-4H3,(H,48,52)/t27-,36+,37+,38+,41-,42+,43?,44-/m0/s1. The van der Waals surface area contributed by atoms with E-state index < -0.39 is 40.1 Å². The number of aliphatic hydroxyl groups excluding tert-OH is 1. The van der Waals surface area contributed by atoms with Gasteiger partial charge in [-0.25, -0.2) is 5.84 Å². The zero-order valence-corrected chi connectivity index (χ0v) is 33.8. The second-order valence-electron chi connectivity index (χ2n) is 17.5. The number of aromatic amines is 1. The average molecular weight is 785 g/mol. The van der Waals surface area contributed by atoms with Gasteiger partial charge < -0.3 is 35.1 Å². The molecule has 8 N–H and O–H groups in total. The quantitative estimate of drug-likeness (QED) is 0.0641. The number of H-pyrrole nitrogens is 1. The molecular weight excluding hydrogens is 725 g/mol. The van der Waals surface area contributed by atoms with Crippen LogP contribution in [-0.4, -0.2) is 118 Å². The summed E-state index contributed by atoms with van der Waals surface area (Å²) in [6.07, 6.45) is 7.55. The number of fused-ring (bicyclic) bond motifs is 7. The number of ether oxygens (including phenoxy) is 2. The van der Waals surface area contributed by atoms with Gasteiger partial charge in [0, 0.05) is 78.0 Å². The van der Waals surface area contributed by atoms with Crippen LogP contribution in [0, 0.1) is 11.3 Å². The molecule has 13 heteroatoms. The van der Waals surface area contributed by atoms with E-state index in [9.17, 15) is 24.9 Å². The lowest BCUT2D eigenvalue weighted by atomic mass is 9.57. The van der Waals surface area contributed by atoms with Crippen LogP contribution in [0.25, 0.3) is 10.9 Å². The van der Waals surface area contributed by atoms with Gasteiger partial charge in [-0.15, -0.1) is 0 Å². The highest BCUT2D eigenvalue weighted by Crippen LogP contribution is 2.52. The molecule has 5 heterocycles. The number of amides is 1. The van der Waals surface area contributed by atoms with E-state index in [4.69, 9.17) is 15.3 Å². The molecule has 2 fully saturated rings. The molecule has 2 unspecified atom stereocenters. The molecule has 1 saturated heterocycles. The Hall–Kier alpha value is -3.98. The molecule has 4 bridgehead atoms. The third-order valence-electron chi connectivity index (χ3n) is 14.6. The van der Waals surface area contributed by atoms with Gasteiger partial charge in [0.2, 0.25) is 0 Å². The number of hydrazine groups is 1. The predicted octanol–water partition coefficient (Wildman–Crippen LogP) is 3.09. The molecule has 9 atom stereocenters. The van der Waals surface area contributed by atoms with Gasteiger partial charge in [-0.05, 0) is 87.1 Å². The number of benzene rings is 2. The first-order chi connectivity index (χ1) is 27.4. The molecule has 308 valence electrons. The van der Waals surface area contributed by atoms with Crippen LogP contribution in [-0.2, 0) is 39.0 Å². The van der Waals surface area contributed by atoms with Gasteiger partial charge >= 0.3 is 5.97 Å². The van der Waals surface area contributed by atoms with Crippen molar-refractivity contribution in [2.75, 3.05) is 52.3 Å². The summed E-state index contributed by atoms with van der Waals surface area (Å²) in [6.45, 7) is 7.54. The average Bonchev–Trinajstić information content (AvgIpc) is 3.57. The molecule has 4 aliphatic heterocycles. The molecule has 1 aromatic heterocycles. The van der Waals surface area contributed by atoms with E-state index in [0.717, 1.165) is 60.2 Å². The number of nitrogens with zero attached hydrogens (tertiary/aromatic N) is 2. The van der Waals surface area contributed by atoms with Crippen LogP contribution >= 0.6 is 0 Å². The molecule has 0 radical (unpaired) electrons. The first kappa shape index (κ1) is 39.8. The summed E-state index contributed by atoms with van der Waals surface area (Å²) >= 11 is 0. The Labute approximate surface area is 334 Å². The number of methoxy groups -OCH3 is 2. The lowest BCUT2D eigenvalue weighted by Gasteiger charge is -2.59. The lowest BCUT2D eigenvalue weighted by molar-refractivity contribution is -0.192. The minimum absolute atomic E-state index is 0.0262. The molecule has 57 heavy (non-hydrogen) atoms. The maximum Gasteiger partial charge on any atom is 0.316 e. The van der Waals surface area contributed by atoms with E-state index in [-0.39, 0.29) is 17.9 Å². The number of hydrogen-bond acceptors (Lipinski definition) is 11. The van der Waals surface area contributed by atoms with E-state index >= 15 is 0 Å². The Kier molecular flexibility index (Phi) is 10.5. The monoisotopic (exact) mass is 784 g/mol. The number of hydrogen-bond donors (Lipinski definition) is 7. The van der Waals surface area contributed by atoms with Gasteiger partial charge in [0.15, 0.2) is 5.60 Å². The van der Waals surface area contributed by atoms with Gasteiger partial charge in [0.1, 0.15) is 17.3 Å². The fourth-order valence-corrected chi connectivity index (χ4v) is 11.7. The Morgan fingerprint density at radius 3 is 2.61 bits per heavy atom. The minimum Gasteiger partial charge on any atom is -0.496 e. The SMILES string of the molecule is CC[C@]1(O)C[C@@H]2CN(CCc3c([nH]c4ccccc34)CC(C(=O)OC)(c3cc4c(cc3OC)N[C@@H]3C[C@H]5N(CC=C[C@@]5(CC)[C@@H](O)[C@]3(O)C(=O)NN)CCC4)C2)C1. The van der Waals surface area contributed by atoms with Gasteiger partial charge in [0.25, 0.3) is 5.91 Å². The molecule has 2 aromatic carbocycles. The molecule has 8 rings (SSSR count). The number of aryl methyl sites for hydroxylation is 1. The Morgan fingerprint density at radius 1 is 1.07 bits per heavy atom. The fourth-order valence-electron chi connectivity index (χ4n) is 11.7. The van der Waals surface area contributed by atoms with Crippen molar-refractivity contribution in [2.45, 2.75) is 106 Å². The Balaban J connectivity index is 1.31. The summed E-state index contributed by atoms with van der Waals surface area (Å²) in [7, 11) is 3.03. The van der Waals surface area contributed by atoms with Crippen LogP contribution in [0.1, 0.15) is 74.8 Å². The van der Waals surface area contributed by atoms with Crippen LogP contribution in [0.15, 0.2) is 48.6 Å². The molecule has 5 aliphatic rings. The molecule has 1 aliphatic carbocycles. The van der Waals surface area contributed by atoms with Gasteiger partial charge in [-0.2, -0.15) is 0 Å². The zero-order valence-electron chi connectivity index (χ0n) is 33.8. The third-order valence-corrected chi connectivity index (χ3v) is 14.6. The number of piperidine rings is 1. The third kappa shape index (κ3) is 6.36. The van der Waals surface area contributed by atoms with E-state index in [1.165, 1.54) is 7.11 Å². The molecule has 1 saturated carbocycles. The number of rotatable bonds is 6. The molecular formula is C44H60N6O7. The van der Waals surface area contributed by atoms with Crippen molar-refractivity contribution in [3.05, 3.63) is 70.9 Å². The number of para-hydroxylation sites is 1. The molecule has 0 spiro atoms. The number of nitrogens with one attached hydrogen (secondary N) is 3. The van der Waals surface area contributed by atoms with Crippen LogP contribution in [0.4, 0.5) is 5.69 Å². The van der Waals surface area contributed by atoms with Crippen LogP contribution in [0.3, 0.4) is 0 Å². The van der Waals surface area contributed by atoms with E-state index in [2.05, 4.69) is 43.7 Å². The number of nitrogens with two attached hydrogens (primary N) is 1. The summed E-state index contributed by atoms with van der Waals surface area (Å²) in [5.41, 5.74) is 2.29. The van der Waals surface area contributed by atoms with E-state index in [1.54, 1.807) is 7.11 Å². The summed E-state index contributed by atoms with van der Waals surface area (Å²) in [4.78, 5) is 36.9. The number of aliphatic hydroxyl groups is 3. The zero-order chi connectivity index (χ0) is 40.3. The normalized spacial score (nSPS) is 35.3. The van der Waals surface area contributed by atoms with Crippen LogP contribution in [0.5, 0.6) is 5.75 Å². The van der Waals surface area contributed by atoms with Gasteiger partial charge in [-0.1, -0.05) is 44.2 Å². The van der Waals surface area contributed by atoms with Gasteiger partial charge in [0.05, 0.1) is 25.9 Å². The molecule has 1 amide bonds. The molecule has 13 nitrogen and oxygen atoms in total. The first-order valence-corrected chi connectivity index (χ1v) is 20.8. The maximum atomic E-state index is 14.9. The highest BCUT2D eigenvalue weighted by molar-refractivity contribution is 5.89. The Bertz CT molecular complexity index is 2050. The highest BCUT2D eigenvalue weighted by Gasteiger charge is 2.65. The van der Waals surface area contributed by atoms with Crippen molar-refractivity contribution in [3.63, 3.8) is 0 Å². The van der Waals surface area contributed by atoms with Crippen molar-refractivity contribution in [3.8, 4) is 5.75 Å². The van der Waals surface area contributed by atoms with Crippen LogP contribution < -0.4 is 21.3 Å². The van der Waals surface area contributed by atoms with E-state index in [1.807, 2.05) is 44.2 Å². The second kappa shape index (κ2) is 15.0. The fraction of sp³-hybridized carbons (Fsp3) is 0.591. The van der Waals surface area contributed by atoms with Crippen LogP contribution in [0.2, 0.25) is 0 Å². The minimum atomic E-state index is -2.27. The summed E-state index contributed by atoms with van der Waals surface area (Å²) in [6, 6.07) is 11.1. The van der Waals surface area contributed by atoms with Crippen molar-refractivity contribution in [2.24, 2.45) is 17.2 Å². The maximum absolute atomic E-state index is 14.9. The number of aromatic nitrogens is 1. The lowest BCUT2D eigenvalue weighted by Crippen LogP contribution is -2.76. The van der Waals surface area contributed by atoms with Gasteiger partial charge in [-0.3, -0.25) is 24.8 Å². The second-order valence-corrected chi connectivity index (χ2v) is 17.5. The predicted molar refractivity (Wildman–Crippen MR) is 218 cm³/mol. The highest BCUT2D eigenvalue weighted by atomic mass is 16.5. The number of esters is 1. The van der Waals surface area contributed by atoms with Crippen molar-refractivity contribution >= 4 is 28.5 Å². The summed E-state index contributed by atoms with van der Waals surface area (Å²) < 4.78 is 12.1. The smallest absolute Gasteiger partial charge is 0.316 e. The molecule has 3 aromatic rings. The van der Waals surface area contributed by atoms with Crippen molar-refractivity contribution in [1.29, 1.82) is 0 Å². The Morgan fingerprint density at radius 2 is 1.88 bits per heavy atom. The topological polar surface area (TPSA) is 186 Å². The number of anilines is 1. The number of carbonyl (C=O) groups excluding carboxylic acids is 2.